The van der Waals surface area contributed by atoms with Crippen molar-refractivity contribution in [3.63, 3.8) is 0 Å². The minimum Gasteiger partial charge on any atom is -0.368 e. The van der Waals surface area contributed by atoms with Crippen LogP contribution in [0.5, 0.6) is 0 Å². The number of nitrogens with zero attached hydrogens (tertiary/aromatic N) is 4. The number of piperidine rings is 1. The molecule has 0 bridgehead atoms. The van der Waals surface area contributed by atoms with Gasteiger partial charge in [0.2, 0.25) is 11.8 Å². The summed E-state index contributed by atoms with van der Waals surface area (Å²) in [5.41, 5.74) is 5.44. The fourth-order valence-corrected chi connectivity index (χ4v) is 2.73. The first-order valence-electron chi connectivity index (χ1n) is 5.66. The summed E-state index contributed by atoms with van der Waals surface area (Å²) >= 11 is 1.84. The van der Waals surface area contributed by atoms with Crippen LogP contribution in [0.25, 0.3) is 0 Å². The molecule has 1 saturated heterocycles. The van der Waals surface area contributed by atoms with Crippen molar-refractivity contribution in [1.82, 2.24) is 9.97 Å². The highest BCUT2D eigenvalue weighted by atomic mass is 32.2. The van der Waals surface area contributed by atoms with Crippen molar-refractivity contribution in [3.8, 4) is 0 Å². The molecule has 0 aromatic carbocycles. The van der Waals surface area contributed by atoms with Crippen LogP contribution in [0.2, 0.25) is 0 Å². The molecular weight excluding hydrogens is 254 g/mol. The van der Waals surface area contributed by atoms with Gasteiger partial charge in [-0.2, -0.15) is 16.7 Å². The van der Waals surface area contributed by atoms with Crippen molar-refractivity contribution in [3.05, 3.63) is 16.3 Å². The zero-order chi connectivity index (χ0) is 13.1. The van der Waals surface area contributed by atoms with E-state index in [0.717, 1.165) is 25.9 Å². The molecule has 1 aliphatic rings. The summed E-state index contributed by atoms with van der Waals surface area (Å²) in [6.45, 7) is 1.53. The van der Waals surface area contributed by atoms with Gasteiger partial charge in [0, 0.05) is 18.3 Å². The van der Waals surface area contributed by atoms with E-state index in [9.17, 15) is 10.1 Å². The second kappa shape index (κ2) is 5.38. The number of rotatable bonds is 3. The molecule has 2 N–H and O–H groups in total. The molecular formula is C10H15N5O2S. The maximum absolute atomic E-state index is 11.0. The third kappa shape index (κ3) is 2.63. The van der Waals surface area contributed by atoms with Gasteiger partial charge in [-0.05, 0) is 19.1 Å². The molecule has 7 nitrogen and oxygen atoms in total. The summed E-state index contributed by atoms with van der Waals surface area (Å²) in [5.74, 6) is 0.412. The van der Waals surface area contributed by atoms with Crippen LogP contribution < -0.4 is 10.6 Å². The summed E-state index contributed by atoms with van der Waals surface area (Å²) in [7, 11) is 0. The molecule has 0 atom stereocenters. The molecule has 0 aliphatic carbocycles. The molecule has 1 fully saturated rings. The third-order valence-electron chi connectivity index (χ3n) is 3.04. The van der Waals surface area contributed by atoms with Crippen molar-refractivity contribution in [2.24, 2.45) is 0 Å². The zero-order valence-corrected chi connectivity index (χ0v) is 10.9. The van der Waals surface area contributed by atoms with Crippen molar-refractivity contribution in [1.29, 1.82) is 0 Å². The fourth-order valence-electron chi connectivity index (χ4n) is 2.04. The van der Waals surface area contributed by atoms with E-state index < -0.39 is 4.92 Å². The molecule has 0 amide bonds. The Labute approximate surface area is 109 Å². The molecule has 0 spiro atoms. The minimum atomic E-state index is -0.463. The third-order valence-corrected chi connectivity index (χ3v) is 4.18. The standard InChI is InChI=1S/C10H15N5O2S/c1-18-7-2-4-14(5-3-7)9-8(15(16)17)6-12-10(11)13-9/h6-7H,2-5H2,1H3,(H2,11,12,13). The molecule has 0 unspecified atom stereocenters. The van der Waals surface area contributed by atoms with E-state index in [1.54, 1.807) is 0 Å². The predicted octanol–water partition coefficient (Wildman–Crippen LogP) is 1.30. The first kappa shape index (κ1) is 12.9. The Morgan fingerprint density at radius 2 is 2.22 bits per heavy atom. The predicted molar refractivity (Wildman–Crippen MR) is 71.8 cm³/mol. The van der Waals surface area contributed by atoms with E-state index in [-0.39, 0.29) is 11.6 Å². The lowest BCUT2D eigenvalue weighted by Crippen LogP contribution is -2.35. The molecule has 2 heterocycles. The monoisotopic (exact) mass is 269 g/mol. The van der Waals surface area contributed by atoms with Crippen LogP contribution in [0.15, 0.2) is 6.20 Å². The fraction of sp³-hybridized carbons (Fsp3) is 0.600. The first-order chi connectivity index (χ1) is 8.61. The summed E-state index contributed by atoms with van der Waals surface area (Å²) in [6, 6.07) is 0. The number of nitro groups is 1. The van der Waals surface area contributed by atoms with Gasteiger partial charge in [0.1, 0.15) is 6.20 Å². The average Bonchev–Trinajstić information content (AvgIpc) is 2.38. The number of hydrogen-bond acceptors (Lipinski definition) is 7. The topological polar surface area (TPSA) is 98.2 Å². The molecule has 18 heavy (non-hydrogen) atoms. The van der Waals surface area contributed by atoms with Crippen LogP contribution in [0, 0.1) is 10.1 Å². The quantitative estimate of drug-likeness (QED) is 0.652. The number of anilines is 2. The van der Waals surface area contributed by atoms with Crippen molar-refractivity contribution >= 4 is 29.2 Å². The van der Waals surface area contributed by atoms with Gasteiger partial charge >= 0.3 is 5.69 Å². The number of thioether (sulfide) groups is 1. The van der Waals surface area contributed by atoms with E-state index in [0.29, 0.717) is 11.1 Å². The Bertz CT molecular complexity index is 448. The van der Waals surface area contributed by atoms with E-state index in [2.05, 4.69) is 16.2 Å². The zero-order valence-electron chi connectivity index (χ0n) is 10.1. The number of nitrogens with two attached hydrogens (primary N) is 1. The van der Waals surface area contributed by atoms with Gasteiger partial charge < -0.3 is 10.6 Å². The van der Waals surface area contributed by atoms with Crippen LogP contribution in [0.3, 0.4) is 0 Å². The van der Waals surface area contributed by atoms with Gasteiger partial charge in [0.15, 0.2) is 0 Å². The van der Waals surface area contributed by atoms with Gasteiger partial charge in [-0.25, -0.2) is 4.98 Å². The molecule has 2 rings (SSSR count). The van der Waals surface area contributed by atoms with Gasteiger partial charge in [-0.15, -0.1) is 0 Å². The summed E-state index contributed by atoms with van der Waals surface area (Å²) in [4.78, 5) is 20.1. The Hall–Kier alpha value is -1.57. The van der Waals surface area contributed by atoms with Crippen LogP contribution >= 0.6 is 11.8 Å². The molecule has 1 aliphatic heterocycles. The highest BCUT2D eigenvalue weighted by Gasteiger charge is 2.26. The molecule has 0 saturated carbocycles. The van der Waals surface area contributed by atoms with Gasteiger partial charge in [-0.3, -0.25) is 10.1 Å². The Balaban J connectivity index is 2.22. The molecule has 0 radical (unpaired) electrons. The normalized spacial score (nSPS) is 16.8. The summed E-state index contributed by atoms with van der Waals surface area (Å²) < 4.78 is 0. The lowest BCUT2D eigenvalue weighted by molar-refractivity contribution is -0.384. The number of hydrogen-bond donors (Lipinski definition) is 1. The first-order valence-corrected chi connectivity index (χ1v) is 6.95. The number of nitrogen functional groups attached to an aromatic ring is 1. The number of aromatic nitrogens is 2. The van der Waals surface area contributed by atoms with E-state index in [1.807, 2.05) is 16.7 Å². The van der Waals surface area contributed by atoms with E-state index in [1.165, 1.54) is 6.20 Å². The van der Waals surface area contributed by atoms with Crippen LogP contribution in [0.1, 0.15) is 12.8 Å². The highest BCUT2D eigenvalue weighted by Crippen LogP contribution is 2.30. The van der Waals surface area contributed by atoms with Crippen molar-refractivity contribution in [2.45, 2.75) is 18.1 Å². The maximum atomic E-state index is 11.0. The average molecular weight is 269 g/mol. The highest BCUT2D eigenvalue weighted by molar-refractivity contribution is 7.99. The molecule has 98 valence electrons. The maximum Gasteiger partial charge on any atom is 0.329 e. The van der Waals surface area contributed by atoms with Crippen LogP contribution in [-0.4, -0.2) is 39.5 Å². The second-order valence-corrected chi connectivity index (χ2v) is 5.25. The molecule has 1 aromatic heterocycles. The molecule has 1 aromatic rings. The lowest BCUT2D eigenvalue weighted by Gasteiger charge is -2.31. The second-order valence-electron chi connectivity index (χ2n) is 4.12. The van der Waals surface area contributed by atoms with Crippen molar-refractivity contribution in [2.75, 3.05) is 30.0 Å². The minimum absolute atomic E-state index is 0.0718. The van der Waals surface area contributed by atoms with Gasteiger partial charge in [-0.1, -0.05) is 0 Å². The van der Waals surface area contributed by atoms with Crippen molar-refractivity contribution < 1.29 is 4.92 Å². The Morgan fingerprint density at radius 3 is 2.78 bits per heavy atom. The van der Waals surface area contributed by atoms with Crippen LogP contribution in [-0.2, 0) is 0 Å². The Morgan fingerprint density at radius 1 is 1.56 bits per heavy atom. The largest absolute Gasteiger partial charge is 0.368 e. The summed E-state index contributed by atoms with van der Waals surface area (Å²) in [6.07, 6.45) is 5.27. The SMILES string of the molecule is CSC1CCN(c2nc(N)ncc2[N+](=O)[O-])CC1. The smallest absolute Gasteiger partial charge is 0.329 e. The van der Waals surface area contributed by atoms with Gasteiger partial charge in [0.25, 0.3) is 0 Å². The Kier molecular flexibility index (Phi) is 3.85. The lowest BCUT2D eigenvalue weighted by atomic mass is 10.1. The van der Waals surface area contributed by atoms with Crippen LogP contribution in [0.4, 0.5) is 17.5 Å². The van der Waals surface area contributed by atoms with E-state index in [4.69, 9.17) is 5.73 Å². The van der Waals surface area contributed by atoms with Gasteiger partial charge in [0.05, 0.1) is 4.92 Å². The summed E-state index contributed by atoms with van der Waals surface area (Å²) in [5, 5.41) is 11.6. The van der Waals surface area contributed by atoms with E-state index >= 15 is 0 Å². The molecule has 8 heteroatoms.